The first kappa shape index (κ1) is 26.5. The number of para-hydroxylation sites is 1. The van der Waals surface area contributed by atoms with Crippen molar-refractivity contribution in [1.29, 1.82) is 0 Å². The maximum Gasteiger partial charge on any atom is 0.335 e. The normalized spacial score (nSPS) is 12.5. The second-order valence-electron chi connectivity index (χ2n) is 9.22. The minimum absolute atomic E-state index is 0.0119. The molecule has 33 heavy (non-hydrogen) atoms. The number of hydrogen-bond acceptors (Lipinski definition) is 6. The molecule has 1 unspecified atom stereocenters. The van der Waals surface area contributed by atoms with Crippen molar-refractivity contribution in [3.05, 3.63) is 53.6 Å². The summed E-state index contributed by atoms with van der Waals surface area (Å²) in [7, 11) is 0. The van der Waals surface area contributed by atoms with Gasteiger partial charge in [0.1, 0.15) is 5.75 Å². The van der Waals surface area contributed by atoms with Gasteiger partial charge in [0.05, 0.1) is 25.9 Å². The van der Waals surface area contributed by atoms with E-state index in [1.807, 2.05) is 26.0 Å². The number of carbonyl (C=O) groups excluding carboxylic acids is 1. The molecule has 0 radical (unpaired) electrons. The highest BCUT2D eigenvalue weighted by atomic mass is 16.6. The third-order valence-corrected chi connectivity index (χ3v) is 5.01. The Kier molecular flexibility index (Phi) is 10.0. The Balaban J connectivity index is 1.88. The average molecular weight is 459 g/mol. The number of hydrogen-bond donors (Lipinski definition) is 1. The lowest BCUT2D eigenvalue weighted by Crippen LogP contribution is -2.31. The van der Waals surface area contributed by atoms with Gasteiger partial charge in [-0.15, -0.1) is 0 Å². The summed E-state index contributed by atoms with van der Waals surface area (Å²) in [6.45, 7) is 13.2. The van der Waals surface area contributed by atoms with Crippen molar-refractivity contribution >= 4 is 5.97 Å². The van der Waals surface area contributed by atoms with Crippen molar-refractivity contribution in [2.75, 3.05) is 19.8 Å². The fraction of sp³-hybridized carbons (Fsp3) is 0.519. The van der Waals surface area contributed by atoms with Gasteiger partial charge in [0.2, 0.25) is 0 Å². The van der Waals surface area contributed by atoms with Crippen LogP contribution in [0.5, 0.6) is 17.2 Å². The van der Waals surface area contributed by atoms with E-state index in [0.717, 1.165) is 5.75 Å². The van der Waals surface area contributed by atoms with Crippen LogP contribution < -0.4 is 9.47 Å². The molecule has 0 aromatic heterocycles. The molecule has 6 nitrogen and oxygen atoms in total. The molecule has 0 bridgehead atoms. The summed E-state index contributed by atoms with van der Waals surface area (Å²) in [6.07, 6.45) is -0.0739. The highest BCUT2D eigenvalue weighted by molar-refractivity contribution is 5.75. The van der Waals surface area contributed by atoms with Gasteiger partial charge in [-0.2, -0.15) is 0 Å². The molecule has 6 heteroatoms. The number of carbonyl (C=O) groups is 1. The molecule has 1 atom stereocenters. The molecule has 0 spiro atoms. The maximum atomic E-state index is 12.2. The number of benzene rings is 2. The van der Waals surface area contributed by atoms with Crippen molar-refractivity contribution in [3.8, 4) is 17.2 Å². The summed E-state index contributed by atoms with van der Waals surface area (Å²) in [5.74, 6) is 0.764. The molecule has 0 aliphatic rings. The van der Waals surface area contributed by atoms with Crippen LogP contribution in [0.25, 0.3) is 0 Å². The molecule has 0 amide bonds. The van der Waals surface area contributed by atoms with E-state index in [2.05, 4.69) is 32.9 Å². The van der Waals surface area contributed by atoms with Gasteiger partial charge in [-0.3, -0.25) is 0 Å². The largest absolute Gasteiger partial charge is 0.504 e. The lowest BCUT2D eigenvalue weighted by atomic mass is 9.87. The van der Waals surface area contributed by atoms with Crippen molar-refractivity contribution in [2.45, 2.75) is 72.0 Å². The SMILES string of the molecule is CCOC(=O)C(Cc1cccc(OCCCOc2ccc(C(C)(C)C)cc2)c1O)OC(C)C. The third kappa shape index (κ3) is 8.61. The monoisotopic (exact) mass is 458 g/mol. The highest BCUT2D eigenvalue weighted by Crippen LogP contribution is 2.31. The minimum Gasteiger partial charge on any atom is -0.504 e. The molecule has 2 aromatic carbocycles. The van der Waals surface area contributed by atoms with Crippen molar-refractivity contribution in [1.82, 2.24) is 0 Å². The quantitative estimate of drug-likeness (QED) is 0.337. The van der Waals surface area contributed by atoms with E-state index in [1.165, 1.54) is 5.56 Å². The van der Waals surface area contributed by atoms with Crippen molar-refractivity contribution in [2.24, 2.45) is 0 Å². The molecule has 1 N–H and O–H groups in total. The highest BCUT2D eigenvalue weighted by Gasteiger charge is 2.24. The van der Waals surface area contributed by atoms with Crippen LogP contribution in [-0.4, -0.2) is 43.1 Å². The molecule has 2 rings (SSSR count). The van der Waals surface area contributed by atoms with E-state index in [0.29, 0.717) is 30.9 Å². The molecule has 182 valence electrons. The van der Waals surface area contributed by atoms with Crippen LogP contribution in [0.3, 0.4) is 0 Å². The van der Waals surface area contributed by atoms with Crippen LogP contribution in [0.1, 0.15) is 59.1 Å². The summed E-state index contributed by atoms with van der Waals surface area (Å²) in [4.78, 5) is 12.2. The molecular formula is C27H38O6. The van der Waals surface area contributed by atoms with Gasteiger partial charge in [-0.1, -0.05) is 45.0 Å². The zero-order chi connectivity index (χ0) is 24.4. The topological polar surface area (TPSA) is 74.2 Å². The predicted molar refractivity (Wildman–Crippen MR) is 129 cm³/mol. The molecule has 0 saturated carbocycles. The first-order chi connectivity index (χ1) is 15.6. The van der Waals surface area contributed by atoms with Gasteiger partial charge in [-0.05, 0) is 49.9 Å². The predicted octanol–water partition coefficient (Wildman–Crippen LogP) is 5.44. The lowest BCUT2D eigenvalue weighted by molar-refractivity contribution is -0.159. The fourth-order valence-corrected chi connectivity index (χ4v) is 3.28. The Morgan fingerprint density at radius 3 is 2.27 bits per heavy atom. The molecule has 0 fully saturated rings. The summed E-state index contributed by atoms with van der Waals surface area (Å²) in [5, 5.41) is 10.6. The smallest absolute Gasteiger partial charge is 0.335 e. The minimum atomic E-state index is -0.788. The van der Waals surface area contributed by atoms with Gasteiger partial charge in [0.15, 0.2) is 17.6 Å². The molecule has 0 saturated heterocycles. The zero-order valence-corrected chi connectivity index (χ0v) is 20.7. The van der Waals surface area contributed by atoms with Crippen LogP contribution in [0.4, 0.5) is 0 Å². The Labute approximate surface area is 197 Å². The lowest BCUT2D eigenvalue weighted by Gasteiger charge is -2.20. The summed E-state index contributed by atoms with van der Waals surface area (Å²) in [5.41, 5.74) is 1.94. The number of aromatic hydroxyl groups is 1. The fourth-order valence-electron chi connectivity index (χ4n) is 3.28. The van der Waals surface area contributed by atoms with Crippen LogP contribution >= 0.6 is 0 Å². The number of rotatable bonds is 12. The number of esters is 1. The van der Waals surface area contributed by atoms with E-state index < -0.39 is 12.1 Å². The van der Waals surface area contributed by atoms with E-state index >= 15 is 0 Å². The second kappa shape index (κ2) is 12.5. The third-order valence-electron chi connectivity index (χ3n) is 5.01. The van der Waals surface area contributed by atoms with E-state index in [4.69, 9.17) is 18.9 Å². The van der Waals surface area contributed by atoms with E-state index in [-0.39, 0.29) is 30.3 Å². The van der Waals surface area contributed by atoms with Gasteiger partial charge < -0.3 is 24.1 Å². The van der Waals surface area contributed by atoms with Crippen molar-refractivity contribution < 1.29 is 28.8 Å². The standard InChI is InChI=1S/C27H38O6/c1-7-30-26(29)24(33-19(2)3)18-20-10-8-11-23(25(20)28)32-17-9-16-31-22-14-12-21(13-15-22)27(4,5)6/h8,10-15,19,24,28H,7,9,16-18H2,1-6H3. The van der Waals surface area contributed by atoms with Gasteiger partial charge in [0.25, 0.3) is 0 Å². The molecule has 2 aromatic rings. The summed E-state index contributed by atoms with van der Waals surface area (Å²) >= 11 is 0. The van der Waals surface area contributed by atoms with Crippen LogP contribution in [-0.2, 0) is 26.1 Å². The first-order valence-corrected chi connectivity index (χ1v) is 11.6. The van der Waals surface area contributed by atoms with Crippen LogP contribution in [0.2, 0.25) is 0 Å². The number of ether oxygens (including phenoxy) is 4. The second-order valence-corrected chi connectivity index (χ2v) is 9.22. The van der Waals surface area contributed by atoms with Crippen LogP contribution in [0.15, 0.2) is 42.5 Å². The molecule has 0 aliphatic carbocycles. The molecule has 0 aliphatic heterocycles. The average Bonchev–Trinajstić information content (AvgIpc) is 2.75. The molecular weight excluding hydrogens is 420 g/mol. The van der Waals surface area contributed by atoms with Gasteiger partial charge >= 0.3 is 5.97 Å². The Hall–Kier alpha value is -2.73. The van der Waals surface area contributed by atoms with E-state index in [9.17, 15) is 9.90 Å². The Morgan fingerprint density at radius 1 is 1.00 bits per heavy atom. The zero-order valence-electron chi connectivity index (χ0n) is 20.7. The molecule has 0 heterocycles. The van der Waals surface area contributed by atoms with Crippen LogP contribution in [0, 0.1) is 0 Å². The Morgan fingerprint density at radius 2 is 1.67 bits per heavy atom. The number of phenolic OH excluding ortho intramolecular Hbond substituents is 1. The van der Waals surface area contributed by atoms with Gasteiger partial charge in [0, 0.05) is 18.4 Å². The first-order valence-electron chi connectivity index (χ1n) is 11.6. The van der Waals surface area contributed by atoms with Crippen molar-refractivity contribution in [3.63, 3.8) is 0 Å². The number of phenols is 1. The van der Waals surface area contributed by atoms with E-state index in [1.54, 1.807) is 25.1 Å². The van der Waals surface area contributed by atoms with Gasteiger partial charge in [-0.25, -0.2) is 4.79 Å². The summed E-state index contributed by atoms with van der Waals surface area (Å²) < 4.78 is 22.4. The Bertz CT molecular complexity index is 867. The maximum absolute atomic E-state index is 12.2. The summed E-state index contributed by atoms with van der Waals surface area (Å²) in [6, 6.07) is 13.4.